The molecule has 0 aliphatic carbocycles. The Morgan fingerprint density at radius 1 is 1.05 bits per heavy atom. The zero-order valence-corrected chi connectivity index (χ0v) is 9.83. The van der Waals surface area contributed by atoms with Gasteiger partial charge in [0.25, 0.3) is 0 Å². The molecule has 0 radical (unpaired) electrons. The Balaban J connectivity index is 2.34. The maximum atomic E-state index is 9.13. The summed E-state index contributed by atoms with van der Waals surface area (Å²) in [7, 11) is 0. The molecule has 0 aliphatic heterocycles. The van der Waals surface area contributed by atoms with Crippen LogP contribution in [0, 0.1) is 22.7 Å². The Hall–Kier alpha value is -3.18. The molecule has 0 spiro atoms. The molecule has 3 aromatic rings. The van der Waals surface area contributed by atoms with Crippen LogP contribution in [0.1, 0.15) is 11.1 Å². The first kappa shape index (κ1) is 10.9. The Bertz CT molecular complexity index is 894. The molecule has 2 aromatic heterocycles. The van der Waals surface area contributed by atoms with Crippen LogP contribution in [0.4, 0.5) is 0 Å². The van der Waals surface area contributed by atoms with Gasteiger partial charge in [-0.15, -0.1) is 5.10 Å². The van der Waals surface area contributed by atoms with Crippen LogP contribution in [0.5, 0.6) is 0 Å². The minimum atomic E-state index is 0.224. The van der Waals surface area contributed by atoms with Gasteiger partial charge in [-0.1, -0.05) is 36.9 Å². The van der Waals surface area contributed by atoms with Gasteiger partial charge < -0.3 is 0 Å². The van der Waals surface area contributed by atoms with Crippen molar-refractivity contribution in [1.82, 2.24) is 14.6 Å². The third-order valence-corrected chi connectivity index (χ3v) is 2.88. The largest absolute Gasteiger partial charge is 0.211 e. The molecule has 0 fully saturated rings. The minimum absolute atomic E-state index is 0.224. The maximum Gasteiger partial charge on any atom is 0.182 e. The van der Waals surface area contributed by atoms with Crippen molar-refractivity contribution < 1.29 is 0 Å². The van der Waals surface area contributed by atoms with E-state index in [0.29, 0.717) is 16.8 Å². The van der Waals surface area contributed by atoms with Crippen molar-refractivity contribution in [3.63, 3.8) is 0 Å². The van der Waals surface area contributed by atoms with Crippen molar-refractivity contribution in [2.75, 3.05) is 0 Å². The summed E-state index contributed by atoms with van der Waals surface area (Å²) in [5.74, 6) is 0.515. The molecule has 0 saturated heterocycles. The molecule has 88 valence electrons. The molecule has 0 atom stereocenters. The van der Waals surface area contributed by atoms with Gasteiger partial charge in [0.1, 0.15) is 17.7 Å². The number of hydrogen-bond acceptors (Lipinski definition) is 4. The Morgan fingerprint density at radius 3 is 2.37 bits per heavy atom. The van der Waals surface area contributed by atoms with Gasteiger partial charge in [-0.2, -0.15) is 10.5 Å². The fourth-order valence-corrected chi connectivity index (χ4v) is 1.96. The van der Waals surface area contributed by atoms with Crippen molar-refractivity contribution in [1.29, 1.82) is 10.5 Å². The van der Waals surface area contributed by atoms with Gasteiger partial charge in [0.15, 0.2) is 11.5 Å². The van der Waals surface area contributed by atoms with Gasteiger partial charge in [0, 0.05) is 5.56 Å². The zero-order valence-electron chi connectivity index (χ0n) is 9.83. The maximum absolute atomic E-state index is 9.13. The van der Waals surface area contributed by atoms with E-state index >= 15 is 0 Å². The van der Waals surface area contributed by atoms with Crippen LogP contribution in [-0.2, 0) is 0 Å². The van der Waals surface area contributed by atoms with Crippen molar-refractivity contribution in [3.05, 3.63) is 46.8 Å². The number of nitriles is 2. The summed E-state index contributed by atoms with van der Waals surface area (Å²) in [6.07, 6.45) is 0. The fraction of sp³-hybridized carbons (Fsp3) is 0. The molecule has 3 rings (SSSR count). The summed E-state index contributed by atoms with van der Waals surface area (Å²) in [5, 5.41) is 22.8. The standard InChI is InChI=1S/C14H7N5/c1-9-11(7-15)12(8-16)14-17-13(18-19(9)14)10-5-3-2-4-6-10/h2-6H,1H2. The third kappa shape index (κ3) is 1.46. The summed E-state index contributed by atoms with van der Waals surface area (Å²) in [4.78, 5) is 4.32. The Labute approximate surface area is 108 Å². The zero-order chi connectivity index (χ0) is 13.4. The molecule has 0 bridgehead atoms. The molecule has 0 aliphatic rings. The number of aromatic nitrogens is 3. The molecular formula is C14H7N5. The molecule has 0 N–H and O–H groups in total. The van der Waals surface area contributed by atoms with E-state index in [4.69, 9.17) is 10.5 Å². The highest BCUT2D eigenvalue weighted by Gasteiger charge is 2.17. The molecule has 5 nitrogen and oxygen atoms in total. The summed E-state index contributed by atoms with van der Waals surface area (Å²) >= 11 is 0. The lowest BCUT2D eigenvalue weighted by molar-refractivity contribution is 0.947. The second-order valence-electron chi connectivity index (χ2n) is 3.96. The molecular weight excluding hydrogens is 238 g/mol. The quantitative estimate of drug-likeness (QED) is 0.646. The Kier molecular flexibility index (Phi) is 2.27. The van der Waals surface area contributed by atoms with Crippen molar-refractivity contribution in [2.45, 2.75) is 0 Å². The average Bonchev–Trinajstić information content (AvgIpc) is 2.98. The highest BCUT2D eigenvalue weighted by molar-refractivity contribution is 5.68. The molecule has 0 saturated carbocycles. The highest BCUT2D eigenvalue weighted by atomic mass is 15.3. The van der Waals surface area contributed by atoms with Crippen LogP contribution in [-0.4, -0.2) is 14.6 Å². The molecule has 0 amide bonds. The van der Waals surface area contributed by atoms with E-state index in [-0.39, 0.29) is 11.1 Å². The van der Waals surface area contributed by atoms with Gasteiger partial charge in [0.05, 0.1) is 10.9 Å². The van der Waals surface area contributed by atoms with Crippen molar-refractivity contribution in [2.24, 2.45) is 0 Å². The first-order chi connectivity index (χ1) is 9.26. The average molecular weight is 245 g/mol. The lowest BCUT2D eigenvalue weighted by Gasteiger charge is -1.92. The molecule has 2 heterocycles. The summed E-state index contributed by atoms with van der Waals surface area (Å²) < 4.78 is 1.44. The SMILES string of the molecule is C=c1c(C#N)c(C#N)c2nc(-c3ccccc3)nn12. The Morgan fingerprint density at radius 2 is 1.74 bits per heavy atom. The van der Waals surface area contributed by atoms with E-state index < -0.39 is 0 Å². The summed E-state index contributed by atoms with van der Waals surface area (Å²) in [5.41, 5.74) is 1.69. The van der Waals surface area contributed by atoms with Crippen LogP contribution >= 0.6 is 0 Å². The number of benzene rings is 1. The molecule has 0 unspecified atom stereocenters. The summed E-state index contributed by atoms with van der Waals surface area (Å²) in [6, 6.07) is 13.4. The molecule has 19 heavy (non-hydrogen) atoms. The summed E-state index contributed by atoms with van der Waals surface area (Å²) in [6.45, 7) is 3.78. The van der Waals surface area contributed by atoms with Crippen molar-refractivity contribution >= 4 is 12.2 Å². The lowest BCUT2D eigenvalue weighted by Crippen LogP contribution is -2.10. The molecule has 1 aromatic carbocycles. The fourth-order valence-electron chi connectivity index (χ4n) is 1.96. The van der Waals surface area contributed by atoms with Crippen LogP contribution in [0.2, 0.25) is 0 Å². The van der Waals surface area contributed by atoms with Gasteiger partial charge in [0.2, 0.25) is 0 Å². The van der Waals surface area contributed by atoms with Gasteiger partial charge in [-0.3, -0.25) is 0 Å². The van der Waals surface area contributed by atoms with Gasteiger partial charge >= 0.3 is 0 Å². The van der Waals surface area contributed by atoms with E-state index in [1.807, 2.05) is 42.5 Å². The van der Waals surface area contributed by atoms with E-state index in [1.54, 1.807) is 0 Å². The van der Waals surface area contributed by atoms with Gasteiger partial charge in [-0.25, -0.2) is 9.50 Å². The van der Waals surface area contributed by atoms with E-state index in [9.17, 15) is 0 Å². The topological polar surface area (TPSA) is 77.8 Å². The minimum Gasteiger partial charge on any atom is -0.211 e. The normalized spacial score (nSPS) is 10.2. The predicted octanol–water partition coefficient (Wildman–Crippen LogP) is 1.27. The first-order valence-corrected chi connectivity index (χ1v) is 5.53. The second-order valence-corrected chi connectivity index (χ2v) is 3.96. The van der Waals surface area contributed by atoms with Crippen LogP contribution in [0.3, 0.4) is 0 Å². The monoisotopic (exact) mass is 245 g/mol. The van der Waals surface area contributed by atoms with Crippen molar-refractivity contribution in [3.8, 4) is 23.5 Å². The smallest absolute Gasteiger partial charge is 0.182 e. The molecule has 5 heteroatoms. The number of nitrogens with zero attached hydrogens (tertiary/aromatic N) is 5. The van der Waals surface area contributed by atoms with Gasteiger partial charge in [-0.05, 0) is 0 Å². The van der Waals surface area contributed by atoms with Crippen LogP contribution in [0.25, 0.3) is 23.6 Å². The van der Waals surface area contributed by atoms with E-state index in [1.165, 1.54) is 4.52 Å². The third-order valence-electron chi connectivity index (χ3n) is 2.88. The van der Waals surface area contributed by atoms with E-state index in [0.717, 1.165) is 5.56 Å². The predicted molar refractivity (Wildman–Crippen MR) is 68.6 cm³/mol. The van der Waals surface area contributed by atoms with Crippen LogP contribution in [0.15, 0.2) is 30.3 Å². The van der Waals surface area contributed by atoms with Crippen LogP contribution < -0.4 is 5.35 Å². The number of fused-ring (bicyclic) bond motifs is 1. The lowest BCUT2D eigenvalue weighted by atomic mass is 10.2. The van der Waals surface area contributed by atoms with E-state index in [2.05, 4.69) is 16.7 Å². The highest BCUT2D eigenvalue weighted by Crippen LogP contribution is 2.18. The second kappa shape index (κ2) is 3.94. The first-order valence-electron chi connectivity index (χ1n) is 5.53. The number of hydrogen-bond donors (Lipinski definition) is 0. The number of rotatable bonds is 1.